The van der Waals surface area contributed by atoms with Gasteiger partial charge in [-0.05, 0) is 31.0 Å². The van der Waals surface area contributed by atoms with Crippen molar-refractivity contribution in [3.63, 3.8) is 0 Å². The molecule has 5 nitrogen and oxygen atoms in total. The van der Waals surface area contributed by atoms with Gasteiger partial charge in [0.1, 0.15) is 0 Å². The predicted octanol–water partition coefficient (Wildman–Crippen LogP) is 0.804. The molecule has 1 atom stereocenters. The molecular formula is C12H17FN2O3S. The standard InChI is InChI=1S/C12H17FN2O3S/c1-18-12-6-10(2-3-11(12)13)19(16,17)15-5-4-9(7-14)8-15/h2-3,6,9H,4-5,7-8,14H2,1H3. The summed E-state index contributed by atoms with van der Waals surface area (Å²) < 4.78 is 44.3. The third kappa shape index (κ3) is 2.72. The summed E-state index contributed by atoms with van der Waals surface area (Å²) in [6.07, 6.45) is 0.758. The molecule has 1 heterocycles. The summed E-state index contributed by atoms with van der Waals surface area (Å²) >= 11 is 0. The summed E-state index contributed by atoms with van der Waals surface area (Å²) in [6, 6.07) is 3.56. The molecule has 2 N–H and O–H groups in total. The van der Waals surface area contributed by atoms with Crippen LogP contribution in [0.1, 0.15) is 6.42 Å². The molecule has 2 rings (SSSR count). The molecule has 0 aliphatic carbocycles. The highest BCUT2D eigenvalue weighted by Gasteiger charge is 2.32. The summed E-state index contributed by atoms with van der Waals surface area (Å²) in [7, 11) is -2.30. The van der Waals surface area contributed by atoms with Crippen LogP contribution >= 0.6 is 0 Å². The van der Waals surface area contributed by atoms with Crippen molar-refractivity contribution < 1.29 is 17.5 Å². The van der Waals surface area contributed by atoms with Gasteiger partial charge in [-0.2, -0.15) is 4.31 Å². The number of benzene rings is 1. The van der Waals surface area contributed by atoms with Gasteiger partial charge in [0.2, 0.25) is 10.0 Å². The van der Waals surface area contributed by atoms with E-state index in [0.717, 1.165) is 12.5 Å². The lowest BCUT2D eigenvalue weighted by molar-refractivity contribution is 0.384. The van der Waals surface area contributed by atoms with E-state index >= 15 is 0 Å². The number of nitrogens with zero attached hydrogens (tertiary/aromatic N) is 1. The maximum atomic E-state index is 13.3. The van der Waals surface area contributed by atoms with E-state index in [0.29, 0.717) is 19.6 Å². The van der Waals surface area contributed by atoms with Crippen LogP contribution in [0.15, 0.2) is 23.1 Å². The smallest absolute Gasteiger partial charge is 0.243 e. The van der Waals surface area contributed by atoms with Crippen molar-refractivity contribution in [2.75, 3.05) is 26.7 Å². The molecule has 1 fully saturated rings. The third-order valence-electron chi connectivity index (χ3n) is 3.34. The monoisotopic (exact) mass is 288 g/mol. The fraction of sp³-hybridized carbons (Fsp3) is 0.500. The van der Waals surface area contributed by atoms with E-state index < -0.39 is 15.8 Å². The van der Waals surface area contributed by atoms with Gasteiger partial charge < -0.3 is 10.5 Å². The number of nitrogens with two attached hydrogens (primary N) is 1. The average Bonchev–Trinajstić information content (AvgIpc) is 2.88. The lowest BCUT2D eigenvalue weighted by Gasteiger charge is -2.17. The third-order valence-corrected chi connectivity index (χ3v) is 5.20. The molecule has 19 heavy (non-hydrogen) atoms. The molecule has 106 valence electrons. The van der Waals surface area contributed by atoms with Crippen LogP contribution in [0.2, 0.25) is 0 Å². The molecule has 1 unspecified atom stereocenters. The lowest BCUT2D eigenvalue weighted by Crippen LogP contribution is -2.30. The summed E-state index contributed by atoms with van der Waals surface area (Å²) in [5.74, 6) is -0.463. The van der Waals surface area contributed by atoms with Crippen molar-refractivity contribution in [3.8, 4) is 5.75 Å². The van der Waals surface area contributed by atoms with Gasteiger partial charge in [0, 0.05) is 19.2 Å². The van der Waals surface area contributed by atoms with Gasteiger partial charge in [-0.1, -0.05) is 0 Å². The van der Waals surface area contributed by atoms with Gasteiger partial charge in [-0.3, -0.25) is 0 Å². The molecule has 0 spiro atoms. The Morgan fingerprint density at radius 1 is 1.53 bits per heavy atom. The Morgan fingerprint density at radius 3 is 2.84 bits per heavy atom. The second-order valence-corrected chi connectivity index (χ2v) is 6.49. The Balaban J connectivity index is 2.30. The van der Waals surface area contributed by atoms with E-state index in [1.54, 1.807) is 0 Å². The Morgan fingerprint density at radius 2 is 2.26 bits per heavy atom. The summed E-state index contributed by atoms with van der Waals surface area (Å²) in [6.45, 7) is 1.33. The highest BCUT2D eigenvalue weighted by molar-refractivity contribution is 7.89. The maximum Gasteiger partial charge on any atom is 0.243 e. The van der Waals surface area contributed by atoms with E-state index in [2.05, 4.69) is 0 Å². The number of rotatable bonds is 4. The Kier molecular flexibility index (Phi) is 4.07. The zero-order valence-corrected chi connectivity index (χ0v) is 11.5. The maximum absolute atomic E-state index is 13.3. The largest absolute Gasteiger partial charge is 0.494 e. The molecule has 7 heteroatoms. The second kappa shape index (κ2) is 5.44. The van der Waals surface area contributed by atoms with Crippen LogP contribution in [0.4, 0.5) is 4.39 Å². The Labute approximate surface area is 112 Å². The fourth-order valence-electron chi connectivity index (χ4n) is 2.16. The number of hydrogen-bond donors (Lipinski definition) is 1. The quantitative estimate of drug-likeness (QED) is 0.889. The van der Waals surface area contributed by atoms with Gasteiger partial charge in [0.25, 0.3) is 0 Å². The first-order chi connectivity index (χ1) is 8.98. The summed E-state index contributed by atoms with van der Waals surface area (Å²) in [5.41, 5.74) is 5.55. The molecular weight excluding hydrogens is 271 g/mol. The van der Waals surface area contributed by atoms with Crippen LogP contribution in [-0.2, 0) is 10.0 Å². The van der Waals surface area contributed by atoms with Crippen LogP contribution < -0.4 is 10.5 Å². The molecule has 1 aliphatic heterocycles. The number of halogens is 1. The first kappa shape index (κ1) is 14.2. The molecule has 0 saturated carbocycles. The van der Waals surface area contributed by atoms with Crippen molar-refractivity contribution in [1.29, 1.82) is 0 Å². The summed E-state index contributed by atoms with van der Waals surface area (Å²) in [4.78, 5) is 0.0448. The minimum absolute atomic E-state index is 0.0448. The van der Waals surface area contributed by atoms with Gasteiger partial charge in [0.15, 0.2) is 11.6 Å². The van der Waals surface area contributed by atoms with E-state index in [1.165, 1.54) is 23.5 Å². The zero-order chi connectivity index (χ0) is 14.0. The molecule has 0 radical (unpaired) electrons. The molecule has 0 bridgehead atoms. The van der Waals surface area contributed by atoms with Gasteiger partial charge in [0.05, 0.1) is 12.0 Å². The highest BCUT2D eigenvalue weighted by Crippen LogP contribution is 2.27. The predicted molar refractivity (Wildman–Crippen MR) is 68.9 cm³/mol. The average molecular weight is 288 g/mol. The first-order valence-electron chi connectivity index (χ1n) is 6.02. The Hall–Kier alpha value is -1.18. The normalized spacial score (nSPS) is 20.7. The van der Waals surface area contributed by atoms with E-state index in [9.17, 15) is 12.8 Å². The van der Waals surface area contributed by atoms with Gasteiger partial charge in [-0.25, -0.2) is 12.8 Å². The van der Waals surface area contributed by atoms with Crippen LogP contribution in [0.25, 0.3) is 0 Å². The minimum Gasteiger partial charge on any atom is -0.494 e. The topological polar surface area (TPSA) is 72.6 Å². The number of hydrogen-bond acceptors (Lipinski definition) is 4. The van der Waals surface area contributed by atoms with Crippen molar-refractivity contribution in [1.82, 2.24) is 4.31 Å². The number of sulfonamides is 1. The first-order valence-corrected chi connectivity index (χ1v) is 7.46. The fourth-order valence-corrected chi connectivity index (χ4v) is 3.70. The molecule has 1 aromatic carbocycles. The molecule has 1 saturated heterocycles. The minimum atomic E-state index is -3.60. The highest BCUT2D eigenvalue weighted by atomic mass is 32.2. The van der Waals surface area contributed by atoms with Crippen LogP contribution in [0.3, 0.4) is 0 Å². The van der Waals surface area contributed by atoms with E-state index in [-0.39, 0.29) is 16.6 Å². The zero-order valence-electron chi connectivity index (χ0n) is 10.7. The Bertz CT molecular complexity index is 562. The van der Waals surface area contributed by atoms with Gasteiger partial charge in [-0.15, -0.1) is 0 Å². The number of methoxy groups -OCH3 is 1. The van der Waals surface area contributed by atoms with Crippen molar-refractivity contribution in [2.24, 2.45) is 11.7 Å². The van der Waals surface area contributed by atoms with Crippen LogP contribution in [0, 0.1) is 11.7 Å². The van der Waals surface area contributed by atoms with E-state index in [1.807, 2.05) is 0 Å². The summed E-state index contributed by atoms with van der Waals surface area (Å²) in [5, 5.41) is 0. The molecule has 0 amide bonds. The second-order valence-electron chi connectivity index (χ2n) is 4.55. The molecule has 0 aromatic heterocycles. The van der Waals surface area contributed by atoms with Crippen molar-refractivity contribution in [2.45, 2.75) is 11.3 Å². The molecule has 1 aromatic rings. The number of ether oxygens (including phenoxy) is 1. The van der Waals surface area contributed by atoms with Crippen LogP contribution in [0.5, 0.6) is 5.75 Å². The molecule has 1 aliphatic rings. The van der Waals surface area contributed by atoms with Crippen molar-refractivity contribution >= 4 is 10.0 Å². The van der Waals surface area contributed by atoms with Crippen LogP contribution in [-0.4, -0.2) is 39.5 Å². The lowest BCUT2D eigenvalue weighted by atomic mass is 10.1. The SMILES string of the molecule is COc1cc(S(=O)(=O)N2CCC(CN)C2)ccc1F. The van der Waals surface area contributed by atoms with E-state index in [4.69, 9.17) is 10.5 Å². The van der Waals surface area contributed by atoms with Gasteiger partial charge >= 0.3 is 0 Å². The van der Waals surface area contributed by atoms with Crippen molar-refractivity contribution in [3.05, 3.63) is 24.0 Å².